The highest BCUT2D eigenvalue weighted by atomic mass is 16.3. The first kappa shape index (κ1) is 10.2. The van der Waals surface area contributed by atoms with E-state index in [1.54, 1.807) is 0 Å². The smallest absolute Gasteiger partial charge is 0.157 e. The zero-order valence-corrected chi connectivity index (χ0v) is 5.98. The van der Waals surface area contributed by atoms with Crippen LogP contribution in [0.2, 0.25) is 0 Å². The molecule has 0 heterocycles. The van der Waals surface area contributed by atoms with Gasteiger partial charge in [-0.3, -0.25) is 4.79 Å². The fourth-order valence-electron chi connectivity index (χ4n) is 0.729. The maximum absolute atomic E-state index is 10.2. The molecule has 12 heavy (non-hydrogen) atoms. The maximum atomic E-state index is 10.2. The second-order valence-corrected chi connectivity index (χ2v) is 2.02. The van der Waals surface area contributed by atoms with E-state index >= 15 is 0 Å². The first-order valence-corrected chi connectivity index (χ1v) is 2.85. The Balaban J connectivity index is 0.00000121. The Kier molecular flexibility index (Phi) is 3.06. The van der Waals surface area contributed by atoms with Crippen LogP contribution in [-0.4, -0.2) is 27.1 Å². The summed E-state index contributed by atoms with van der Waals surface area (Å²) in [6, 6.07) is 1.95. The minimum atomic E-state index is -0.433. The van der Waals surface area contributed by atoms with Gasteiger partial charge in [0.15, 0.2) is 6.29 Å². The van der Waals surface area contributed by atoms with Crippen molar-refractivity contribution in [2.24, 2.45) is 0 Å². The third-order valence-corrected chi connectivity index (χ3v) is 1.24. The van der Waals surface area contributed by atoms with Gasteiger partial charge in [0.2, 0.25) is 0 Å². The van der Waals surface area contributed by atoms with Crippen molar-refractivity contribution in [1.82, 2.24) is 0 Å². The SMILES string of the molecule is O.O=Cc1c(O)cc(O)cc1O. The van der Waals surface area contributed by atoms with Gasteiger partial charge in [-0.25, -0.2) is 0 Å². The molecule has 0 unspecified atom stereocenters. The number of phenols is 3. The summed E-state index contributed by atoms with van der Waals surface area (Å²) < 4.78 is 0. The lowest BCUT2D eigenvalue weighted by Crippen LogP contribution is -1.81. The molecular weight excluding hydrogens is 164 g/mol. The Morgan fingerprint density at radius 1 is 1.08 bits per heavy atom. The molecule has 0 aliphatic heterocycles. The summed E-state index contributed by atoms with van der Waals surface area (Å²) in [7, 11) is 0. The van der Waals surface area contributed by atoms with E-state index in [-0.39, 0.29) is 16.8 Å². The van der Waals surface area contributed by atoms with Crippen molar-refractivity contribution in [3.63, 3.8) is 0 Å². The minimum absolute atomic E-state index is 0. The maximum Gasteiger partial charge on any atom is 0.157 e. The Bertz CT molecular complexity index is 271. The molecule has 0 spiro atoms. The van der Waals surface area contributed by atoms with Crippen LogP contribution in [0.5, 0.6) is 17.2 Å². The summed E-state index contributed by atoms with van der Waals surface area (Å²) in [5, 5.41) is 26.6. The molecule has 1 aromatic rings. The van der Waals surface area contributed by atoms with Gasteiger partial charge in [0.1, 0.15) is 17.2 Å². The highest BCUT2D eigenvalue weighted by Crippen LogP contribution is 2.29. The molecule has 0 aliphatic rings. The first-order valence-electron chi connectivity index (χ1n) is 2.85. The van der Waals surface area contributed by atoms with Crippen molar-refractivity contribution in [3.8, 4) is 17.2 Å². The number of aldehydes is 1. The third kappa shape index (κ3) is 1.64. The molecule has 5 heteroatoms. The Labute approximate surface area is 67.8 Å². The summed E-state index contributed by atoms with van der Waals surface area (Å²) in [6.45, 7) is 0. The lowest BCUT2D eigenvalue weighted by atomic mass is 10.2. The van der Waals surface area contributed by atoms with Crippen LogP contribution in [0.4, 0.5) is 0 Å². The highest BCUT2D eigenvalue weighted by Gasteiger charge is 2.07. The molecule has 5 nitrogen and oxygen atoms in total. The molecule has 66 valence electrons. The number of rotatable bonds is 1. The lowest BCUT2D eigenvalue weighted by Gasteiger charge is -2.00. The molecule has 1 aromatic carbocycles. The van der Waals surface area contributed by atoms with Gasteiger partial charge in [-0.05, 0) is 0 Å². The van der Waals surface area contributed by atoms with Gasteiger partial charge in [-0.2, -0.15) is 0 Å². The third-order valence-electron chi connectivity index (χ3n) is 1.24. The van der Waals surface area contributed by atoms with Crippen molar-refractivity contribution in [2.75, 3.05) is 0 Å². The summed E-state index contributed by atoms with van der Waals surface area (Å²) in [4.78, 5) is 10.2. The van der Waals surface area contributed by atoms with Gasteiger partial charge in [-0.1, -0.05) is 0 Å². The lowest BCUT2D eigenvalue weighted by molar-refractivity contribution is 0.111. The first-order chi connectivity index (χ1) is 5.15. The molecule has 0 saturated carbocycles. The highest BCUT2D eigenvalue weighted by molar-refractivity contribution is 5.83. The molecule has 0 amide bonds. The average Bonchev–Trinajstić information content (AvgIpc) is 1.85. The van der Waals surface area contributed by atoms with E-state index in [0.29, 0.717) is 6.29 Å². The number of hydrogen-bond donors (Lipinski definition) is 3. The van der Waals surface area contributed by atoms with Crippen molar-refractivity contribution in [2.45, 2.75) is 0 Å². The van der Waals surface area contributed by atoms with E-state index in [1.165, 1.54) is 0 Å². The summed E-state index contributed by atoms with van der Waals surface area (Å²) in [5.74, 6) is -1.15. The van der Waals surface area contributed by atoms with Crippen LogP contribution in [0.15, 0.2) is 12.1 Å². The predicted molar refractivity (Wildman–Crippen MR) is 40.4 cm³/mol. The number of carbonyl (C=O) groups excluding carboxylic acids is 1. The fourth-order valence-corrected chi connectivity index (χ4v) is 0.729. The van der Waals surface area contributed by atoms with Crippen molar-refractivity contribution in [1.29, 1.82) is 0 Å². The van der Waals surface area contributed by atoms with E-state index < -0.39 is 11.5 Å². The Morgan fingerprint density at radius 2 is 1.50 bits per heavy atom. The van der Waals surface area contributed by atoms with E-state index in [1.807, 2.05) is 0 Å². The molecule has 1 rings (SSSR count). The van der Waals surface area contributed by atoms with Crippen molar-refractivity contribution in [3.05, 3.63) is 17.7 Å². The van der Waals surface area contributed by atoms with Crippen LogP contribution in [0.3, 0.4) is 0 Å². The van der Waals surface area contributed by atoms with E-state index in [9.17, 15) is 4.79 Å². The second-order valence-electron chi connectivity index (χ2n) is 2.02. The van der Waals surface area contributed by atoms with Crippen LogP contribution >= 0.6 is 0 Å². The zero-order valence-electron chi connectivity index (χ0n) is 5.98. The van der Waals surface area contributed by atoms with E-state index in [0.717, 1.165) is 12.1 Å². The van der Waals surface area contributed by atoms with Gasteiger partial charge < -0.3 is 20.8 Å². The predicted octanol–water partition coefficient (Wildman–Crippen LogP) is -0.209. The van der Waals surface area contributed by atoms with Crippen LogP contribution in [0, 0.1) is 0 Å². The van der Waals surface area contributed by atoms with Crippen LogP contribution in [-0.2, 0) is 0 Å². The molecule has 0 saturated heterocycles. The van der Waals surface area contributed by atoms with Crippen molar-refractivity contribution < 1.29 is 25.6 Å². The van der Waals surface area contributed by atoms with Crippen molar-refractivity contribution >= 4 is 6.29 Å². The number of aromatic hydroxyl groups is 3. The summed E-state index contributed by atoms with van der Waals surface area (Å²) >= 11 is 0. The number of hydrogen-bond acceptors (Lipinski definition) is 4. The molecule has 0 atom stereocenters. The normalized spacial score (nSPS) is 8.67. The van der Waals surface area contributed by atoms with E-state index in [4.69, 9.17) is 15.3 Å². The fraction of sp³-hybridized carbons (Fsp3) is 0. The molecule has 0 fully saturated rings. The molecular formula is C7H8O5. The van der Waals surface area contributed by atoms with Gasteiger partial charge in [0.05, 0.1) is 5.56 Å². The summed E-state index contributed by atoms with van der Waals surface area (Å²) in [6.07, 6.45) is 0.310. The van der Waals surface area contributed by atoms with Gasteiger partial charge >= 0.3 is 0 Å². The van der Waals surface area contributed by atoms with Crippen LogP contribution in [0.1, 0.15) is 10.4 Å². The van der Waals surface area contributed by atoms with E-state index in [2.05, 4.69) is 0 Å². The monoisotopic (exact) mass is 172 g/mol. The molecule has 0 bridgehead atoms. The van der Waals surface area contributed by atoms with Crippen LogP contribution in [0.25, 0.3) is 0 Å². The number of benzene rings is 1. The minimum Gasteiger partial charge on any atom is -0.508 e. The quantitative estimate of drug-likeness (QED) is 0.509. The Hall–Kier alpha value is -1.75. The molecule has 0 radical (unpaired) electrons. The second kappa shape index (κ2) is 3.59. The van der Waals surface area contributed by atoms with Crippen LogP contribution < -0.4 is 0 Å². The largest absolute Gasteiger partial charge is 0.508 e. The molecule has 0 aliphatic carbocycles. The molecule has 0 aromatic heterocycles. The average molecular weight is 172 g/mol. The summed E-state index contributed by atoms with van der Waals surface area (Å²) in [5.41, 5.74) is -0.220. The number of phenolic OH excluding ortho intramolecular Hbond substituents is 3. The Morgan fingerprint density at radius 3 is 1.83 bits per heavy atom. The number of carbonyl (C=O) groups is 1. The standard InChI is InChI=1S/C7H6O4.H2O/c8-3-5-6(10)1-4(9)2-7(5)11;/h1-3,9-11H;1H2. The van der Waals surface area contributed by atoms with Gasteiger partial charge in [-0.15, -0.1) is 0 Å². The topological polar surface area (TPSA) is 109 Å². The zero-order chi connectivity index (χ0) is 8.43. The van der Waals surface area contributed by atoms with Gasteiger partial charge in [0.25, 0.3) is 0 Å². The van der Waals surface area contributed by atoms with Gasteiger partial charge in [0, 0.05) is 12.1 Å². The molecule has 5 N–H and O–H groups in total.